The highest BCUT2D eigenvalue weighted by Gasteiger charge is 2.25. The molecular formula is C20H21N3O2S. The van der Waals surface area contributed by atoms with Crippen molar-refractivity contribution in [2.45, 2.75) is 25.5 Å². The van der Waals surface area contributed by atoms with Gasteiger partial charge < -0.3 is 9.64 Å². The Morgan fingerprint density at radius 2 is 1.96 bits per heavy atom. The van der Waals surface area contributed by atoms with Crippen molar-refractivity contribution in [1.82, 2.24) is 4.98 Å². The van der Waals surface area contributed by atoms with Gasteiger partial charge >= 0.3 is 0 Å². The Kier molecular flexibility index (Phi) is 4.00. The monoisotopic (exact) mass is 367 g/mol. The molecule has 0 spiro atoms. The van der Waals surface area contributed by atoms with Gasteiger partial charge in [0.15, 0.2) is 0 Å². The third-order valence-electron chi connectivity index (χ3n) is 5.09. The lowest BCUT2D eigenvalue weighted by molar-refractivity contribution is 0.303. The first-order chi connectivity index (χ1) is 12.8. The molecule has 0 atom stereocenters. The van der Waals surface area contributed by atoms with Gasteiger partial charge in [-0.25, -0.2) is 4.98 Å². The van der Waals surface area contributed by atoms with Gasteiger partial charge in [-0.3, -0.25) is 9.20 Å². The molecule has 0 N–H and O–H groups in total. The molecule has 0 unspecified atom stereocenters. The molecule has 2 fully saturated rings. The molecule has 2 aromatic rings. The maximum Gasteiger partial charge on any atom is 0.129 e. The fourth-order valence-electron chi connectivity index (χ4n) is 3.47. The molecule has 3 heterocycles. The maximum atomic E-state index is 11.6. The van der Waals surface area contributed by atoms with Crippen LogP contribution in [0.25, 0.3) is 0 Å². The van der Waals surface area contributed by atoms with E-state index in [-0.39, 0.29) is 0 Å². The van der Waals surface area contributed by atoms with Gasteiger partial charge in [-0.2, -0.15) is 0 Å². The zero-order chi connectivity index (χ0) is 17.5. The van der Waals surface area contributed by atoms with Crippen LogP contribution in [0.5, 0.6) is 5.75 Å². The summed E-state index contributed by atoms with van der Waals surface area (Å²) in [6, 6.07) is 10.4. The van der Waals surface area contributed by atoms with Gasteiger partial charge in [0.05, 0.1) is 18.4 Å². The Balaban J connectivity index is 1.43. The van der Waals surface area contributed by atoms with E-state index in [0.29, 0.717) is 12.6 Å². The quantitative estimate of drug-likeness (QED) is 0.833. The van der Waals surface area contributed by atoms with Gasteiger partial charge in [-0.1, -0.05) is 6.07 Å². The molecule has 1 saturated heterocycles. The first kappa shape index (κ1) is 16.0. The molecule has 6 heteroatoms. The van der Waals surface area contributed by atoms with Crippen molar-refractivity contribution in [2.75, 3.05) is 29.5 Å². The maximum absolute atomic E-state index is 11.6. The molecule has 1 saturated carbocycles. The normalized spacial score (nSPS) is 20.0. The Bertz CT molecular complexity index is 898. The van der Waals surface area contributed by atoms with E-state index in [1.165, 1.54) is 11.1 Å². The average Bonchev–Trinajstić information content (AvgIpc) is 3.38. The fourth-order valence-corrected chi connectivity index (χ4v) is 4.52. The van der Waals surface area contributed by atoms with Crippen LogP contribution in [0.4, 0.5) is 5.82 Å². The fraction of sp³-hybridized carbons (Fsp3) is 0.400. The minimum Gasteiger partial charge on any atom is -0.490 e. The van der Waals surface area contributed by atoms with Crippen LogP contribution >= 0.6 is 0 Å². The van der Waals surface area contributed by atoms with Crippen LogP contribution < -0.4 is 9.64 Å². The number of pyridine rings is 1. The van der Waals surface area contributed by atoms with Crippen LogP contribution in [0.15, 0.2) is 41.5 Å². The number of ether oxygens (including phenoxy) is 1. The lowest BCUT2D eigenvalue weighted by Crippen LogP contribution is -2.38. The second-order valence-corrected chi connectivity index (χ2v) is 8.73. The van der Waals surface area contributed by atoms with Crippen molar-refractivity contribution in [3.05, 3.63) is 53.2 Å². The molecule has 3 aliphatic rings. The van der Waals surface area contributed by atoms with E-state index in [1.54, 1.807) is 0 Å². The van der Waals surface area contributed by atoms with Crippen molar-refractivity contribution in [3.63, 3.8) is 0 Å². The van der Waals surface area contributed by atoms with Crippen LogP contribution in [0, 0.1) is 0 Å². The Hall–Kier alpha value is -2.21. The van der Waals surface area contributed by atoms with Crippen LogP contribution in [0.3, 0.4) is 0 Å². The van der Waals surface area contributed by atoms with Gasteiger partial charge in [-0.05, 0) is 42.7 Å². The third-order valence-corrected chi connectivity index (χ3v) is 6.37. The summed E-state index contributed by atoms with van der Waals surface area (Å²) in [7, 11) is -0.682. The predicted molar refractivity (Wildman–Crippen MR) is 104 cm³/mol. The number of hydrogen-bond donors (Lipinski definition) is 0. The molecule has 2 aliphatic heterocycles. The van der Waals surface area contributed by atoms with Gasteiger partial charge in [0, 0.05) is 52.7 Å². The van der Waals surface area contributed by atoms with Crippen LogP contribution in [0.1, 0.15) is 29.5 Å². The molecule has 0 amide bonds. The first-order valence-corrected chi connectivity index (χ1v) is 10.7. The number of rotatable bonds is 4. The zero-order valence-corrected chi connectivity index (χ0v) is 15.4. The molecule has 26 heavy (non-hydrogen) atoms. The summed E-state index contributed by atoms with van der Waals surface area (Å²) in [4.78, 5) is 11.5. The smallest absolute Gasteiger partial charge is 0.129 e. The summed E-state index contributed by atoms with van der Waals surface area (Å²) in [5, 5.41) is 0. The number of nitrogens with zero attached hydrogens (tertiary/aromatic N) is 3. The van der Waals surface area contributed by atoms with Crippen molar-refractivity contribution in [1.29, 1.82) is 0 Å². The minimum atomic E-state index is -0.682. The largest absolute Gasteiger partial charge is 0.490 e. The lowest BCUT2D eigenvalue weighted by atomic mass is 10.0. The highest BCUT2D eigenvalue weighted by molar-refractivity contribution is 7.85. The highest BCUT2D eigenvalue weighted by Crippen LogP contribution is 2.31. The first-order valence-electron chi connectivity index (χ1n) is 9.17. The van der Waals surface area contributed by atoms with Crippen LogP contribution in [-0.2, 0) is 17.3 Å². The van der Waals surface area contributed by atoms with Crippen LogP contribution in [0.2, 0.25) is 0 Å². The van der Waals surface area contributed by atoms with E-state index in [9.17, 15) is 4.21 Å². The summed E-state index contributed by atoms with van der Waals surface area (Å²) in [6.45, 7) is 2.31. The van der Waals surface area contributed by atoms with E-state index in [1.807, 2.05) is 12.3 Å². The molecule has 5 nitrogen and oxygen atoms in total. The Labute approximate surface area is 155 Å². The molecule has 1 aromatic carbocycles. The minimum absolute atomic E-state index is 0.395. The van der Waals surface area contributed by atoms with E-state index in [0.717, 1.165) is 60.3 Å². The average molecular weight is 367 g/mol. The second kappa shape index (κ2) is 6.50. The molecule has 0 radical (unpaired) electrons. The number of anilines is 1. The topological polar surface area (TPSA) is 54.8 Å². The SMILES string of the molecule is O=S1CCN(c2cc(C3=NCc4ccc(OC5CC5)cc43)ccn2)CC1. The van der Waals surface area contributed by atoms with E-state index in [4.69, 9.17) is 9.73 Å². The van der Waals surface area contributed by atoms with Gasteiger partial charge in [-0.15, -0.1) is 0 Å². The van der Waals surface area contributed by atoms with E-state index >= 15 is 0 Å². The van der Waals surface area contributed by atoms with E-state index < -0.39 is 10.8 Å². The Morgan fingerprint density at radius 3 is 2.77 bits per heavy atom. The van der Waals surface area contributed by atoms with Crippen LogP contribution in [-0.4, -0.2) is 45.6 Å². The highest BCUT2D eigenvalue weighted by atomic mass is 32.2. The van der Waals surface area contributed by atoms with E-state index in [2.05, 4.69) is 34.1 Å². The van der Waals surface area contributed by atoms with Gasteiger partial charge in [0.2, 0.25) is 0 Å². The summed E-state index contributed by atoms with van der Waals surface area (Å²) < 4.78 is 17.6. The van der Waals surface area contributed by atoms with Gasteiger partial charge in [0.1, 0.15) is 11.6 Å². The lowest BCUT2D eigenvalue weighted by Gasteiger charge is -2.27. The zero-order valence-electron chi connectivity index (χ0n) is 14.6. The third kappa shape index (κ3) is 3.14. The summed E-state index contributed by atoms with van der Waals surface area (Å²) in [5.74, 6) is 3.32. The number of benzene rings is 1. The molecule has 1 aliphatic carbocycles. The number of hydrogen-bond acceptors (Lipinski definition) is 5. The molecular weight excluding hydrogens is 346 g/mol. The summed E-state index contributed by atoms with van der Waals surface area (Å²) >= 11 is 0. The summed E-state index contributed by atoms with van der Waals surface area (Å²) in [6.07, 6.45) is 4.56. The van der Waals surface area contributed by atoms with Gasteiger partial charge in [0.25, 0.3) is 0 Å². The van der Waals surface area contributed by atoms with Crippen molar-refractivity contribution < 1.29 is 8.95 Å². The number of aliphatic imine (C=N–C) groups is 1. The van der Waals surface area contributed by atoms with Crippen molar-refractivity contribution in [2.24, 2.45) is 4.99 Å². The Morgan fingerprint density at radius 1 is 1.12 bits per heavy atom. The van der Waals surface area contributed by atoms with Crippen molar-refractivity contribution >= 4 is 22.3 Å². The summed E-state index contributed by atoms with van der Waals surface area (Å²) in [5.41, 5.74) is 4.52. The predicted octanol–water partition coefficient (Wildman–Crippen LogP) is 2.54. The standard InChI is InChI=1S/C20H21N3O2S/c24-26-9-7-23(8-10-26)19-11-14(5-6-21-19)20-18-12-17(25-16-3-4-16)2-1-15(18)13-22-20/h1-2,5-6,11-12,16H,3-4,7-10,13H2. The second-order valence-electron chi connectivity index (χ2n) is 7.04. The molecule has 134 valence electrons. The molecule has 0 bridgehead atoms. The number of fused-ring (bicyclic) bond motifs is 1. The van der Waals surface area contributed by atoms with Crippen molar-refractivity contribution in [3.8, 4) is 5.75 Å². The number of aromatic nitrogens is 1. The molecule has 5 rings (SSSR count). The molecule has 1 aromatic heterocycles.